The van der Waals surface area contributed by atoms with Gasteiger partial charge in [0.15, 0.2) is 0 Å². The van der Waals surface area contributed by atoms with Crippen LogP contribution in [0, 0.1) is 11.8 Å². The molecule has 0 saturated carbocycles. The van der Waals surface area contributed by atoms with Crippen molar-refractivity contribution in [2.75, 3.05) is 5.73 Å². The molecule has 2 nitrogen and oxygen atoms in total. The van der Waals surface area contributed by atoms with Crippen molar-refractivity contribution < 1.29 is 4.74 Å². The smallest absolute Gasteiger partial charge is 0.142 e. The van der Waals surface area contributed by atoms with Crippen molar-refractivity contribution in [3.63, 3.8) is 0 Å². The molecule has 0 aliphatic heterocycles. The number of nitrogens with two attached hydrogens (primary N) is 1. The summed E-state index contributed by atoms with van der Waals surface area (Å²) in [5, 5.41) is 0. The van der Waals surface area contributed by atoms with Crippen molar-refractivity contribution >= 4 is 5.69 Å². The van der Waals surface area contributed by atoms with Crippen molar-refractivity contribution in [2.24, 2.45) is 11.8 Å². The van der Waals surface area contributed by atoms with Gasteiger partial charge in [-0.1, -0.05) is 58.0 Å². The van der Waals surface area contributed by atoms with Gasteiger partial charge in [0.05, 0.1) is 5.69 Å². The topological polar surface area (TPSA) is 35.2 Å². The lowest BCUT2D eigenvalue weighted by molar-refractivity contribution is 0.307. The van der Waals surface area contributed by atoms with Gasteiger partial charge in [-0.05, 0) is 53.5 Å². The number of hydrogen-bond donors (Lipinski definition) is 1. The van der Waals surface area contributed by atoms with Crippen LogP contribution in [0.25, 0.3) is 0 Å². The minimum absolute atomic E-state index is 0.557. The number of ether oxygens (including phenoxy) is 1. The maximum Gasteiger partial charge on any atom is 0.142 e. The molecule has 0 heterocycles. The highest BCUT2D eigenvalue weighted by Gasteiger charge is 2.09. The summed E-state index contributed by atoms with van der Waals surface area (Å²) in [6, 6.07) is 14.4. The van der Waals surface area contributed by atoms with Gasteiger partial charge in [0.25, 0.3) is 0 Å². The van der Waals surface area contributed by atoms with E-state index in [1.54, 1.807) is 0 Å². The third-order valence-corrected chi connectivity index (χ3v) is 3.84. The van der Waals surface area contributed by atoms with Crippen molar-refractivity contribution in [3.05, 3.63) is 59.2 Å². The van der Waals surface area contributed by atoms with Crippen LogP contribution >= 0.6 is 0 Å². The standard InChI is InChI=1S/C21H29NO/c1-15(2)11-18-10-9-17(13-19(18)12-16(3)4)14-23-21-8-6-5-7-20(21)22/h5-10,13,15-16H,11-12,14,22H2,1-4H3. The molecule has 0 unspecified atom stereocenters. The highest BCUT2D eigenvalue weighted by molar-refractivity contribution is 5.51. The molecule has 0 amide bonds. The van der Waals surface area contributed by atoms with Crippen LogP contribution in [0.5, 0.6) is 5.75 Å². The van der Waals surface area contributed by atoms with Crippen LogP contribution in [0.4, 0.5) is 5.69 Å². The fourth-order valence-electron chi connectivity index (χ4n) is 2.81. The van der Waals surface area contributed by atoms with Gasteiger partial charge in [-0.2, -0.15) is 0 Å². The summed E-state index contributed by atoms with van der Waals surface area (Å²) in [7, 11) is 0. The van der Waals surface area contributed by atoms with Crippen molar-refractivity contribution in [1.82, 2.24) is 0 Å². The minimum Gasteiger partial charge on any atom is -0.487 e. The van der Waals surface area contributed by atoms with Gasteiger partial charge in [-0.25, -0.2) is 0 Å². The minimum atomic E-state index is 0.557. The van der Waals surface area contributed by atoms with E-state index in [0.29, 0.717) is 24.1 Å². The van der Waals surface area contributed by atoms with Crippen molar-refractivity contribution in [3.8, 4) is 5.75 Å². The molecule has 2 heteroatoms. The molecular weight excluding hydrogens is 282 g/mol. The Kier molecular flexibility index (Phi) is 6.09. The maximum atomic E-state index is 5.93. The molecule has 0 aliphatic rings. The molecule has 2 rings (SSSR count). The first-order valence-corrected chi connectivity index (χ1v) is 8.53. The molecule has 23 heavy (non-hydrogen) atoms. The lowest BCUT2D eigenvalue weighted by Crippen LogP contribution is -2.05. The molecule has 0 aromatic heterocycles. The highest BCUT2D eigenvalue weighted by atomic mass is 16.5. The predicted octanol–water partition coefficient (Wildman–Crippen LogP) is 5.24. The Morgan fingerprint density at radius 2 is 1.52 bits per heavy atom. The molecule has 2 aromatic rings. The molecule has 2 N–H and O–H groups in total. The van der Waals surface area contributed by atoms with Crippen LogP contribution in [-0.4, -0.2) is 0 Å². The van der Waals surface area contributed by atoms with Gasteiger partial charge < -0.3 is 10.5 Å². The second-order valence-corrected chi connectivity index (χ2v) is 7.13. The van der Waals surface area contributed by atoms with Crippen LogP contribution in [-0.2, 0) is 19.4 Å². The molecule has 0 atom stereocenters. The van der Waals surface area contributed by atoms with Gasteiger partial charge >= 0.3 is 0 Å². The van der Waals surface area contributed by atoms with E-state index in [1.165, 1.54) is 16.7 Å². The van der Waals surface area contributed by atoms with Gasteiger partial charge in [-0.3, -0.25) is 0 Å². The molecule has 0 saturated heterocycles. The number of nitrogen functional groups attached to an aromatic ring is 1. The summed E-state index contributed by atoms with van der Waals surface area (Å²) < 4.78 is 5.88. The Morgan fingerprint density at radius 1 is 0.870 bits per heavy atom. The van der Waals surface area contributed by atoms with E-state index in [9.17, 15) is 0 Å². The van der Waals surface area contributed by atoms with E-state index in [4.69, 9.17) is 10.5 Å². The lowest BCUT2D eigenvalue weighted by atomic mass is 9.91. The summed E-state index contributed by atoms with van der Waals surface area (Å²) in [5.74, 6) is 2.08. The average molecular weight is 311 g/mol. The first-order chi connectivity index (χ1) is 11.0. The zero-order chi connectivity index (χ0) is 16.8. The molecule has 0 aliphatic carbocycles. The van der Waals surface area contributed by atoms with Crippen LogP contribution in [0.15, 0.2) is 42.5 Å². The Morgan fingerprint density at radius 3 is 2.17 bits per heavy atom. The highest BCUT2D eigenvalue weighted by Crippen LogP contribution is 2.23. The van der Waals surface area contributed by atoms with E-state index in [1.807, 2.05) is 24.3 Å². The number of anilines is 1. The third kappa shape index (κ3) is 5.31. The average Bonchev–Trinajstić information content (AvgIpc) is 2.48. The maximum absolute atomic E-state index is 5.93. The molecule has 0 radical (unpaired) electrons. The Hall–Kier alpha value is -1.96. The monoisotopic (exact) mass is 311 g/mol. The number of rotatable bonds is 7. The normalized spacial score (nSPS) is 11.2. The summed E-state index contributed by atoms with van der Waals surface area (Å²) >= 11 is 0. The Balaban J connectivity index is 2.14. The SMILES string of the molecule is CC(C)Cc1ccc(COc2ccccc2N)cc1CC(C)C. The van der Waals surface area contributed by atoms with Crippen LogP contribution in [0.1, 0.15) is 44.4 Å². The summed E-state index contributed by atoms with van der Waals surface area (Å²) in [6.07, 6.45) is 2.25. The molecule has 0 fully saturated rings. The van der Waals surface area contributed by atoms with E-state index in [-0.39, 0.29) is 0 Å². The predicted molar refractivity (Wildman–Crippen MR) is 98.7 cm³/mol. The van der Waals surface area contributed by atoms with E-state index < -0.39 is 0 Å². The number of hydrogen-bond acceptors (Lipinski definition) is 2. The zero-order valence-electron chi connectivity index (χ0n) is 14.8. The van der Waals surface area contributed by atoms with E-state index in [2.05, 4.69) is 45.9 Å². The number of para-hydroxylation sites is 2. The lowest BCUT2D eigenvalue weighted by Gasteiger charge is -2.16. The van der Waals surface area contributed by atoms with E-state index >= 15 is 0 Å². The largest absolute Gasteiger partial charge is 0.487 e. The second kappa shape index (κ2) is 8.05. The fourth-order valence-corrected chi connectivity index (χ4v) is 2.81. The summed E-state index contributed by atoms with van der Waals surface area (Å²) in [4.78, 5) is 0. The molecular formula is C21H29NO. The van der Waals surface area contributed by atoms with Crippen molar-refractivity contribution in [1.29, 1.82) is 0 Å². The molecule has 124 valence electrons. The van der Waals surface area contributed by atoms with Gasteiger partial charge in [-0.15, -0.1) is 0 Å². The Labute approximate surface area is 140 Å². The van der Waals surface area contributed by atoms with Crippen molar-refractivity contribution in [2.45, 2.75) is 47.1 Å². The molecule has 2 aromatic carbocycles. The van der Waals surface area contributed by atoms with E-state index in [0.717, 1.165) is 18.6 Å². The molecule has 0 bridgehead atoms. The van der Waals surface area contributed by atoms with Gasteiger partial charge in [0.2, 0.25) is 0 Å². The first-order valence-electron chi connectivity index (χ1n) is 8.53. The Bertz CT molecular complexity index is 631. The quantitative estimate of drug-likeness (QED) is 0.709. The molecule has 0 spiro atoms. The third-order valence-electron chi connectivity index (χ3n) is 3.84. The van der Waals surface area contributed by atoms with Crippen LogP contribution in [0.2, 0.25) is 0 Å². The fraction of sp³-hybridized carbons (Fsp3) is 0.429. The van der Waals surface area contributed by atoms with Crippen LogP contribution in [0.3, 0.4) is 0 Å². The van der Waals surface area contributed by atoms with Crippen LogP contribution < -0.4 is 10.5 Å². The summed E-state index contributed by atoms with van der Waals surface area (Å²) in [6.45, 7) is 9.64. The zero-order valence-corrected chi connectivity index (χ0v) is 14.8. The van der Waals surface area contributed by atoms with Gasteiger partial charge in [0.1, 0.15) is 12.4 Å². The summed E-state index contributed by atoms with van der Waals surface area (Å²) in [5.41, 5.74) is 10.7. The number of benzene rings is 2. The second-order valence-electron chi connectivity index (χ2n) is 7.13. The van der Waals surface area contributed by atoms with Gasteiger partial charge in [0, 0.05) is 0 Å². The first kappa shape index (κ1) is 17.4.